The SMILES string of the molecule is CC(CCC1CC[NH2+]C(N)C1)=C(CO)C[C@@]12O[C@]1(C(=O)O[C@H](CCCO)[C@H](O)CCC1CCCCC1)C(=O)C1CCCCC1C2=O. The summed E-state index contributed by atoms with van der Waals surface area (Å²) >= 11 is 0. The number of hydrogen-bond acceptors (Lipinski definition) is 9. The molecule has 10 nitrogen and oxygen atoms in total. The first kappa shape index (κ1) is 35.6. The normalized spacial score (nSPS) is 35.1. The van der Waals surface area contributed by atoms with Crippen LogP contribution in [-0.4, -0.2) is 82.2 Å². The molecule has 5 fully saturated rings. The van der Waals surface area contributed by atoms with Crippen molar-refractivity contribution < 1.29 is 44.5 Å². The van der Waals surface area contributed by atoms with Gasteiger partial charge in [0, 0.05) is 31.3 Å². The standard InChI is InChI=1S/C36H58N2O8/c1-23(13-14-25-17-18-38-31(37)20-25)26(22-40)21-35-32(42)27-10-5-6-11-28(27)33(43)36(35,46-35)34(44)45-30(12-7-19-39)29(41)16-15-24-8-3-2-4-9-24/h24-25,27-31,38-41H,2-22,37H2,1H3/p+1/t25?,27?,28?,29-,30-,31?,35+,36+/m1/s1. The minimum absolute atomic E-state index is 0.0261. The lowest BCUT2D eigenvalue weighted by atomic mass is 9.60. The third-order valence-corrected chi connectivity index (χ3v) is 12.1. The maximum Gasteiger partial charge on any atom is 0.350 e. The predicted molar refractivity (Wildman–Crippen MR) is 171 cm³/mol. The number of quaternary nitrogens is 1. The number of hydrogen-bond donors (Lipinski definition) is 5. The van der Waals surface area contributed by atoms with Gasteiger partial charge in [0.2, 0.25) is 0 Å². The largest absolute Gasteiger partial charge is 0.457 e. The lowest BCUT2D eigenvalue weighted by molar-refractivity contribution is -0.699. The van der Waals surface area contributed by atoms with Gasteiger partial charge in [-0.05, 0) is 82.1 Å². The summed E-state index contributed by atoms with van der Waals surface area (Å²) in [7, 11) is 0. The molecule has 5 rings (SSSR count). The number of Topliss-reactive ketones (excluding diaryl/α,β-unsaturated/α-hetero) is 2. The smallest absolute Gasteiger partial charge is 0.350 e. The monoisotopic (exact) mass is 647 g/mol. The van der Waals surface area contributed by atoms with Crippen LogP contribution in [0.1, 0.15) is 122 Å². The Morgan fingerprint density at radius 2 is 1.67 bits per heavy atom. The van der Waals surface area contributed by atoms with Crippen LogP contribution in [0.25, 0.3) is 0 Å². The number of epoxide rings is 1. The Kier molecular flexibility index (Phi) is 12.1. The molecule has 0 radical (unpaired) electrons. The second kappa shape index (κ2) is 15.7. The summed E-state index contributed by atoms with van der Waals surface area (Å²) in [6, 6.07) is 0. The summed E-state index contributed by atoms with van der Waals surface area (Å²) in [5.74, 6) is -1.59. The number of fused-ring (bicyclic) bond motifs is 2. The van der Waals surface area contributed by atoms with E-state index >= 15 is 0 Å². The Labute approximate surface area is 274 Å². The number of aliphatic hydroxyl groups is 3. The number of rotatable bonds is 15. The third-order valence-electron chi connectivity index (χ3n) is 12.1. The van der Waals surface area contributed by atoms with Gasteiger partial charge in [0.25, 0.3) is 5.60 Å². The molecule has 2 aliphatic heterocycles. The van der Waals surface area contributed by atoms with Gasteiger partial charge in [-0.15, -0.1) is 0 Å². The molecule has 5 aliphatic rings. The van der Waals surface area contributed by atoms with Crippen LogP contribution in [0.5, 0.6) is 0 Å². The summed E-state index contributed by atoms with van der Waals surface area (Å²) in [5, 5.41) is 33.5. The van der Waals surface area contributed by atoms with Gasteiger partial charge in [0.1, 0.15) is 12.3 Å². The Morgan fingerprint density at radius 1 is 0.978 bits per heavy atom. The molecular weight excluding hydrogens is 588 g/mol. The summed E-state index contributed by atoms with van der Waals surface area (Å²) < 4.78 is 12.2. The molecular formula is C36H59N2O8+. The van der Waals surface area contributed by atoms with Crippen molar-refractivity contribution in [3.63, 3.8) is 0 Å². The Balaban J connectivity index is 1.36. The molecule has 3 aliphatic carbocycles. The number of carbonyl (C=O) groups excluding carboxylic acids is 3. The van der Waals surface area contributed by atoms with Crippen molar-refractivity contribution in [2.45, 2.75) is 152 Å². The molecule has 0 aromatic heterocycles. The molecule has 0 aromatic rings. The van der Waals surface area contributed by atoms with E-state index in [-0.39, 0.29) is 43.8 Å². The fourth-order valence-corrected chi connectivity index (χ4v) is 9.14. The van der Waals surface area contributed by atoms with Gasteiger partial charge in [0.15, 0.2) is 17.2 Å². The first-order chi connectivity index (χ1) is 22.2. The van der Waals surface area contributed by atoms with Gasteiger partial charge in [-0.2, -0.15) is 0 Å². The minimum atomic E-state index is -2.06. The van der Waals surface area contributed by atoms with Crippen molar-refractivity contribution >= 4 is 17.5 Å². The summed E-state index contributed by atoms with van der Waals surface area (Å²) in [6.07, 6.45) is 12.4. The predicted octanol–water partition coefficient (Wildman–Crippen LogP) is 2.60. The number of esters is 1. The molecule has 46 heavy (non-hydrogen) atoms. The van der Waals surface area contributed by atoms with E-state index < -0.39 is 41.2 Å². The molecule has 4 unspecified atom stereocenters. The number of ether oxygens (including phenoxy) is 2. The van der Waals surface area contributed by atoms with E-state index in [2.05, 4.69) is 5.32 Å². The van der Waals surface area contributed by atoms with Crippen LogP contribution < -0.4 is 11.1 Å². The summed E-state index contributed by atoms with van der Waals surface area (Å²) in [4.78, 5) is 42.7. The minimum Gasteiger partial charge on any atom is -0.457 e. The first-order valence-corrected chi connectivity index (χ1v) is 18.3. The van der Waals surface area contributed by atoms with Gasteiger partial charge in [0.05, 0.1) is 19.3 Å². The van der Waals surface area contributed by atoms with Gasteiger partial charge in [-0.25, -0.2) is 4.79 Å². The molecule has 260 valence electrons. The number of piperidine rings is 1. The van der Waals surface area contributed by atoms with Crippen LogP contribution in [-0.2, 0) is 23.9 Å². The Morgan fingerprint density at radius 3 is 2.35 bits per heavy atom. The number of allylic oxidation sites excluding steroid dienone is 1. The third kappa shape index (κ3) is 7.32. The van der Waals surface area contributed by atoms with E-state index in [0.717, 1.165) is 69.9 Å². The number of carbonyl (C=O) groups is 3. The first-order valence-electron chi connectivity index (χ1n) is 18.3. The molecule has 2 heterocycles. The van der Waals surface area contributed by atoms with Crippen LogP contribution in [0.3, 0.4) is 0 Å². The molecule has 0 amide bonds. The van der Waals surface area contributed by atoms with Gasteiger partial charge in [-0.1, -0.05) is 50.5 Å². The zero-order valence-electron chi connectivity index (χ0n) is 27.9. The fraction of sp³-hybridized carbons (Fsp3) is 0.861. The molecule has 0 bridgehead atoms. The molecule has 3 saturated carbocycles. The second-order valence-electron chi connectivity index (χ2n) is 15.1. The van der Waals surface area contributed by atoms with Crippen molar-refractivity contribution in [3.8, 4) is 0 Å². The lowest BCUT2D eigenvalue weighted by Gasteiger charge is -2.37. The van der Waals surface area contributed by atoms with Gasteiger partial charge in [-0.3, -0.25) is 15.3 Å². The Hall–Kier alpha value is -1.69. The highest BCUT2D eigenvalue weighted by Crippen LogP contribution is 2.62. The van der Waals surface area contributed by atoms with Crippen LogP contribution >= 0.6 is 0 Å². The van der Waals surface area contributed by atoms with Crippen molar-refractivity contribution in [1.82, 2.24) is 0 Å². The number of nitrogens with two attached hydrogens (primary N) is 2. The summed E-state index contributed by atoms with van der Waals surface area (Å²) in [5.41, 5.74) is 3.97. The highest BCUT2D eigenvalue weighted by Gasteiger charge is 2.87. The van der Waals surface area contributed by atoms with Crippen molar-refractivity contribution in [2.75, 3.05) is 19.8 Å². The van der Waals surface area contributed by atoms with Crippen LogP contribution in [0, 0.1) is 23.7 Å². The second-order valence-corrected chi connectivity index (χ2v) is 15.1. The van der Waals surface area contributed by atoms with Gasteiger partial charge >= 0.3 is 5.97 Å². The van der Waals surface area contributed by atoms with E-state index in [1.807, 2.05) is 6.92 Å². The lowest BCUT2D eigenvalue weighted by Crippen LogP contribution is -2.94. The molecule has 7 N–H and O–H groups in total. The van der Waals surface area contributed by atoms with Crippen molar-refractivity contribution in [3.05, 3.63) is 11.1 Å². The highest BCUT2D eigenvalue weighted by atomic mass is 16.7. The fourth-order valence-electron chi connectivity index (χ4n) is 9.14. The van der Waals surface area contributed by atoms with Gasteiger partial charge < -0.3 is 30.1 Å². The Bertz CT molecular complexity index is 1120. The van der Waals surface area contributed by atoms with Crippen LogP contribution in [0.4, 0.5) is 0 Å². The topological polar surface area (TPSA) is 176 Å². The average molecular weight is 648 g/mol. The average Bonchev–Trinajstić information content (AvgIpc) is 3.78. The van der Waals surface area contributed by atoms with E-state index in [0.29, 0.717) is 43.1 Å². The summed E-state index contributed by atoms with van der Waals surface area (Å²) in [6.45, 7) is 2.53. The quantitative estimate of drug-likeness (QED) is 0.0774. The molecule has 0 aromatic carbocycles. The van der Waals surface area contributed by atoms with Crippen LogP contribution in [0.2, 0.25) is 0 Å². The van der Waals surface area contributed by atoms with Crippen molar-refractivity contribution in [1.29, 1.82) is 0 Å². The maximum atomic E-state index is 14.3. The molecule has 10 heteroatoms. The van der Waals surface area contributed by atoms with E-state index in [1.54, 1.807) is 0 Å². The number of aliphatic hydroxyl groups excluding tert-OH is 3. The highest BCUT2D eigenvalue weighted by molar-refractivity contribution is 6.23. The van der Waals surface area contributed by atoms with E-state index in [1.165, 1.54) is 19.3 Å². The van der Waals surface area contributed by atoms with Crippen molar-refractivity contribution in [2.24, 2.45) is 29.4 Å². The molecule has 0 spiro atoms. The van der Waals surface area contributed by atoms with E-state index in [9.17, 15) is 29.7 Å². The zero-order chi connectivity index (χ0) is 32.9. The zero-order valence-corrected chi connectivity index (χ0v) is 27.9. The van der Waals surface area contributed by atoms with Crippen LogP contribution in [0.15, 0.2) is 11.1 Å². The van der Waals surface area contributed by atoms with E-state index in [4.69, 9.17) is 15.2 Å². The molecule has 2 saturated heterocycles. The number of ketones is 2. The maximum absolute atomic E-state index is 14.3. The molecule has 8 atom stereocenters.